The third-order valence-electron chi connectivity index (χ3n) is 3.31. The molecular weight excluding hydrogens is 203 g/mol. The first-order chi connectivity index (χ1) is 7.43. The minimum Gasteiger partial charge on any atom is -0.389 e. The maximum atomic E-state index is 5.68. The zero-order valence-electron chi connectivity index (χ0n) is 9.93. The predicted octanol–water partition coefficient (Wildman–Crippen LogP) is 1.15. The second kappa shape index (κ2) is 3.84. The quantitative estimate of drug-likeness (QED) is 0.759. The van der Waals surface area contributed by atoms with Crippen LogP contribution in [0.1, 0.15) is 26.5 Å². The summed E-state index contributed by atoms with van der Waals surface area (Å²) in [5, 5.41) is 0. The molecule has 2 heterocycles. The van der Waals surface area contributed by atoms with E-state index in [4.69, 9.17) is 15.0 Å². The van der Waals surface area contributed by atoms with Gasteiger partial charge in [0.2, 0.25) is 0 Å². The Labute approximate surface area is 96.3 Å². The van der Waals surface area contributed by atoms with Crippen molar-refractivity contribution in [3.05, 3.63) is 30.1 Å². The molecule has 1 atom stereocenters. The van der Waals surface area contributed by atoms with Gasteiger partial charge in [0.15, 0.2) is 0 Å². The van der Waals surface area contributed by atoms with E-state index >= 15 is 0 Å². The minimum atomic E-state index is -0.649. The topological polar surface area (TPSA) is 57.4 Å². The molecule has 0 amide bonds. The van der Waals surface area contributed by atoms with Crippen molar-refractivity contribution in [3.8, 4) is 0 Å². The summed E-state index contributed by atoms with van der Waals surface area (Å²) in [4.78, 5) is 4.30. The van der Waals surface area contributed by atoms with Crippen LogP contribution < -0.4 is 5.64 Å². The van der Waals surface area contributed by atoms with E-state index in [0.29, 0.717) is 6.42 Å². The summed E-state index contributed by atoms with van der Waals surface area (Å²) in [6.45, 7) is 5.99. The zero-order chi connectivity index (χ0) is 11.8. The molecule has 1 fully saturated rings. The Hall–Kier alpha value is -0.905. The fraction of sp³-hybridized carbons (Fsp3) is 0.545. The van der Waals surface area contributed by atoms with Gasteiger partial charge < -0.3 is 15.0 Å². The van der Waals surface area contributed by atoms with Crippen LogP contribution in [0.15, 0.2) is 24.4 Å². The molecule has 0 bridgehead atoms. The highest BCUT2D eigenvalue weighted by atomic mass is 16.7. The molecule has 0 spiro atoms. The molecule has 1 unspecified atom stereocenters. The lowest BCUT2D eigenvalue weighted by atomic mass is 9.84. The summed E-state index contributed by atoms with van der Waals surface area (Å²) in [6, 6.07) is 5.84. The number of pyridine rings is 1. The summed E-state index contributed by atoms with van der Waals surface area (Å²) in [7, 11) is -0.649. The summed E-state index contributed by atoms with van der Waals surface area (Å²) in [6.07, 6.45) is 2.47. The first-order valence-corrected chi connectivity index (χ1v) is 5.44. The average Bonchev–Trinajstić information content (AvgIpc) is 2.36. The molecule has 2 N–H and O–H groups in total. The largest absolute Gasteiger partial charge is 0.552 e. The summed E-state index contributed by atoms with van der Waals surface area (Å²) in [5.74, 6) is 0. The Morgan fingerprint density at radius 3 is 2.56 bits per heavy atom. The molecule has 1 aromatic rings. The van der Waals surface area contributed by atoms with Crippen LogP contribution in [0.25, 0.3) is 0 Å². The first kappa shape index (κ1) is 11.6. The van der Waals surface area contributed by atoms with Gasteiger partial charge >= 0.3 is 7.25 Å². The molecule has 5 heteroatoms. The maximum absolute atomic E-state index is 5.68. The van der Waals surface area contributed by atoms with E-state index in [0.717, 1.165) is 5.69 Å². The van der Waals surface area contributed by atoms with Crippen molar-refractivity contribution in [2.45, 2.75) is 38.4 Å². The fourth-order valence-corrected chi connectivity index (χ4v) is 1.94. The standard InChI is InChI=1S/C11H17BN2O2/c1-10(2)11(3,16-12(13)15-10)8-9-6-4-5-7-14-9/h4-7H,8,13H2,1-3H3. The molecule has 0 saturated carbocycles. The molecule has 1 aliphatic heterocycles. The van der Waals surface area contributed by atoms with Crippen molar-refractivity contribution in [1.82, 2.24) is 4.98 Å². The molecule has 1 aromatic heterocycles. The van der Waals surface area contributed by atoms with Crippen molar-refractivity contribution in [1.29, 1.82) is 0 Å². The van der Waals surface area contributed by atoms with Crippen molar-refractivity contribution < 1.29 is 9.31 Å². The maximum Gasteiger partial charge on any atom is 0.552 e. The number of hydrogen-bond donors (Lipinski definition) is 1. The van der Waals surface area contributed by atoms with Gasteiger partial charge in [0.1, 0.15) is 0 Å². The van der Waals surface area contributed by atoms with Crippen LogP contribution in [0.2, 0.25) is 0 Å². The number of rotatable bonds is 2. The second-order valence-corrected chi connectivity index (χ2v) is 4.84. The lowest BCUT2D eigenvalue weighted by Gasteiger charge is -2.36. The first-order valence-electron chi connectivity index (χ1n) is 5.44. The van der Waals surface area contributed by atoms with Crippen molar-refractivity contribution in [3.63, 3.8) is 0 Å². The Morgan fingerprint density at radius 1 is 1.31 bits per heavy atom. The third-order valence-corrected chi connectivity index (χ3v) is 3.31. The van der Waals surface area contributed by atoms with E-state index in [-0.39, 0.29) is 0 Å². The van der Waals surface area contributed by atoms with Crippen LogP contribution in [-0.2, 0) is 15.7 Å². The van der Waals surface area contributed by atoms with Crippen LogP contribution in [0.5, 0.6) is 0 Å². The van der Waals surface area contributed by atoms with Gasteiger partial charge in [-0.15, -0.1) is 0 Å². The lowest BCUT2D eigenvalue weighted by molar-refractivity contribution is -0.00944. The zero-order valence-corrected chi connectivity index (χ0v) is 9.93. The summed E-state index contributed by atoms with van der Waals surface area (Å²) in [5.41, 5.74) is 5.80. The van der Waals surface area contributed by atoms with Crippen LogP contribution in [0, 0.1) is 0 Å². The molecule has 2 rings (SSSR count). The number of hydrogen-bond acceptors (Lipinski definition) is 4. The highest BCUT2D eigenvalue weighted by Gasteiger charge is 2.53. The highest BCUT2D eigenvalue weighted by Crippen LogP contribution is 2.38. The normalized spacial score (nSPS) is 28.4. The van der Waals surface area contributed by atoms with E-state index < -0.39 is 18.5 Å². The van der Waals surface area contributed by atoms with E-state index in [1.54, 1.807) is 6.20 Å². The highest BCUT2D eigenvalue weighted by molar-refractivity contribution is 6.41. The Bertz CT molecular complexity index is 372. The van der Waals surface area contributed by atoms with Gasteiger partial charge in [0.25, 0.3) is 0 Å². The van der Waals surface area contributed by atoms with E-state index in [9.17, 15) is 0 Å². The molecule has 0 radical (unpaired) electrons. The molecule has 16 heavy (non-hydrogen) atoms. The van der Waals surface area contributed by atoms with Crippen molar-refractivity contribution in [2.75, 3.05) is 0 Å². The second-order valence-electron chi connectivity index (χ2n) is 4.84. The molecule has 1 saturated heterocycles. The third kappa shape index (κ3) is 1.98. The van der Waals surface area contributed by atoms with Gasteiger partial charge in [0, 0.05) is 18.3 Å². The lowest BCUT2D eigenvalue weighted by Crippen LogP contribution is -2.46. The minimum absolute atomic E-state index is 0.413. The van der Waals surface area contributed by atoms with Gasteiger partial charge in [-0.3, -0.25) is 4.98 Å². The Morgan fingerprint density at radius 2 is 2.06 bits per heavy atom. The van der Waals surface area contributed by atoms with Crippen LogP contribution in [0.3, 0.4) is 0 Å². The van der Waals surface area contributed by atoms with Gasteiger partial charge in [-0.25, -0.2) is 0 Å². The van der Waals surface area contributed by atoms with Crippen LogP contribution in [-0.4, -0.2) is 23.4 Å². The molecule has 0 aromatic carbocycles. The monoisotopic (exact) mass is 220 g/mol. The molecular formula is C11H17BN2O2. The molecule has 4 nitrogen and oxygen atoms in total. The van der Waals surface area contributed by atoms with E-state index in [2.05, 4.69) is 4.98 Å². The Kier molecular flexibility index (Phi) is 2.78. The van der Waals surface area contributed by atoms with E-state index in [1.807, 2.05) is 39.0 Å². The SMILES string of the molecule is CC1(C)OB(N)OC1(C)Cc1ccccn1. The molecule has 86 valence electrons. The fourth-order valence-electron chi connectivity index (χ4n) is 1.94. The molecule has 0 aliphatic carbocycles. The summed E-state index contributed by atoms with van der Waals surface area (Å²) < 4.78 is 11.2. The van der Waals surface area contributed by atoms with Gasteiger partial charge in [-0.05, 0) is 32.9 Å². The van der Waals surface area contributed by atoms with Crippen molar-refractivity contribution in [2.24, 2.45) is 5.64 Å². The Balaban J connectivity index is 2.20. The number of aromatic nitrogens is 1. The van der Waals surface area contributed by atoms with Gasteiger partial charge in [-0.1, -0.05) is 6.07 Å². The number of nitrogens with two attached hydrogens (primary N) is 1. The van der Waals surface area contributed by atoms with Gasteiger partial charge in [-0.2, -0.15) is 0 Å². The van der Waals surface area contributed by atoms with Crippen LogP contribution in [0.4, 0.5) is 0 Å². The van der Waals surface area contributed by atoms with Crippen molar-refractivity contribution >= 4 is 7.25 Å². The van der Waals surface area contributed by atoms with Gasteiger partial charge in [0.05, 0.1) is 11.2 Å². The number of nitrogens with zero attached hydrogens (tertiary/aromatic N) is 1. The molecule has 1 aliphatic rings. The smallest absolute Gasteiger partial charge is 0.389 e. The average molecular weight is 220 g/mol. The van der Waals surface area contributed by atoms with E-state index in [1.165, 1.54) is 0 Å². The van der Waals surface area contributed by atoms with Crippen LogP contribution >= 0.6 is 0 Å². The predicted molar refractivity (Wildman–Crippen MR) is 62.5 cm³/mol. The summed E-state index contributed by atoms with van der Waals surface area (Å²) >= 11 is 0.